The fraction of sp³-hybridized carbons (Fsp3) is 0.200. The molecular formula is C20H16ClFN4O6. The maximum absolute atomic E-state index is 13.0. The van der Waals surface area contributed by atoms with E-state index in [0.717, 1.165) is 6.07 Å². The van der Waals surface area contributed by atoms with Gasteiger partial charge in [0.25, 0.3) is 11.6 Å². The van der Waals surface area contributed by atoms with Crippen LogP contribution < -0.4 is 5.32 Å². The van der Waals surface area contributed by atoms with Crippen molar-refractivity contribution in [3.63, 3.8) is 0 Å². The molecule has 3 aromatic rings. The number of non-ortho nitro benzene ring substituents is 1. The normalized spacial score (nSPS) is 11.6. The van der Waals surface area contributed by atoms with Crippen LogP contribution in [0.15, 0.2) is 47.0 Å². The second kappa shape index (κ2) is 9.96. The number of esters is 1. The van der Waals surface area contributed by atoms with Gasteiger partial charge in [0.1, 0.15) is 5.82 Å². The van der Waals surface area contributed by atoms with E-state index in [9.17, 15) is 24.1 Å². The minimum atomic E-state index is -1.18. The first-order chi connectivity index (χ1) is 15.2. The number of halogens is 2. The topological polar surface area (TPSA) is 137 Å². The number of amides is 1. The third-order valence-electron chi connectivity index (χ3n) is 4.21. The number of ether oxygens (including phenoxy) is 1. The molecule has 166 valence electrons. The molecule has 32 heavy (non-hydrogen) atoms. The first kappa shape index (κ1) is 22.8. The van der Waals surface area contributed by atoms with Crippen LogP contribution in [0, 0.1) is 15.9 Å². The van der Waals surface area contributed by atoms with E-state index < -0.39 is 28.7 Å². The van der Waals surface area contributed by atoms with Crippen LogP contribution in [0.3, 0.4) is 0 Å². The fourth-order valence-corrected chi connectivity index (χ4v) is 2.71. The molecule has 2 aromatic carbocycles. The highest BCUT2D eigenvalue weighted by Gasteiger charge is 2.21. The van der Waals surface area contributed by atoms with E-state index in [-0.39, 0.29) is 41.0 Å². The van der Waals surface area contributed by atoms with Crippen LogP contribution in [0.4, 0.5) is 15.8 Å². The van der Waals surface area contributed by atoms with Crippen molar-refractivity contribution in [1.29, 1.82) is 0 Å². The standard InChI is InChI=1S/C20H16ClFN4O6/c1-11(20(28)23-16-10-14(26(29)30)6-7-15(16)21)31-18(27)9-8-17-24-19(25-32-17)12-2-4-13(22)5-3-12/h2-7,10-11H,8-9H2,1H3,(H,23,28). The van der Waals surface area contributed by atoms with Crippen molar-refractivity contribution < 1.29 is 28.2 Å². The van der Waals surface area contributed by atoms with Gasteiger partial charge >= 0.3 is 5.97 Å². The molecule has 0 spiro atoms. The highest BCUT2D eigenvalue weighted by Crippen LogP contribution is 2.27. The summed E-state index contributed by atoms with van der Waals surface area (Å²) >= 11 is 5.94. The van der Waals surface area contributed by atoms with E-state index in [1.54, 1.807) is 0 Å². The molecule has 3 rings (SSSR count). The van der Waals surface area contributed by atoms with Gasteiger partial charge in [0.2, 0.25) is 11.7 Å². The fourth-order valence-electron chi connectivity index (χ4n) is 2.55. The highest BCUT2D eigenvalue weighted by molar-refractivity contribution is 6.33. The second-order valence-corrected chi connectivity index (χ2v) is 6.97. The molecule has 0 aliphatic carbocycles. The average Bonchev–Trinajstić information content (AvgIpc) is 3.23. The highest BCUT2D eigenvalue weighted by atomic mass is 35.5. The summed E-state index contributed by atoms with van der Waals surface area (Å²) in [6.45, 7) is 1.35. The van der Waals surface area contributed by atoms with Gasteiger partial charge in [-0.3, -0.25) is 19.7 Å². The number of nitro benzene ring substituents is 1. The third-order valence-corrected chi connectivity index (χ3v) is 4.54. The van der Waals surface area contributed by atoms with Gasteiger partial charge in [-0.15, -0.1) is 0 Å². The van der Waals surface area contributed by atoms with E-state index in [1.165, 1.54) is 43.3 Å². The van der Waals surface area contributed by atoms with Crippen LogP contribution in [0.5, 0.6) is 0 Å². The largest absolute Gasteiger partial charge is 0.453 e. The van der Waals surface area contributed by atoms with Gasteiger partial charge in [0.05, 0.1) is 22.1 Å². The number of carbonyl (C=O) groups excluding carboxylic acids is 2. The Bertz CT molecular complexity index is 1150. The summed E-state index contributed by atoms with van der Waals surface area (Å²) in [5.41, 5.74) is 0.316. The number of anilines is 1. The molecule has 0 aliphatic heterocycles. The van der Waals surface area contributed by atoms with Gasteiger partial charge in [-0.1, -0.05) is 16.8 Å². The van der Waals surface area contributed by atoms with Gasteiger partial charge in [-0.2, -0.15) is 4.98 Å². The van der Waals surface area contributed by atoms with Crippen LogP contribution in [0.2, 0.25) is 5.02 Å². The van der Waals surface area contributed by atoms with Crippen molar-refractivity contribution in [2.24, 2.45) is 0 Å². The Morgan fingerprint density at radius 3 is 2.69 bits per heavy atom. The molecule has 1 atom stereocenters. The Labute approximate surface area is 185 Å². The average molecular weight is 463 g/mol. The molecular weight excluding hydrogens is 447 g/mol. The van der Waals surface area contributed by atoms with Crippen molar-refractivity contribution in [1.82, 2.24) is 10.1 Å². The van der Waals surface area contributed by atoms with Gasteiger partial charge in [0.15, 0.2) is 6.10 Å². The lowest BCUT2D eigenvalue weighted by atomic mass is 10.2. The van der Waals surface area contributed by atoms with E-state index in [2.05, 4.69) is 15.5 Å². The van der Waals surface area contributed by atoms with Gasteiger partial charge < -0.3 is 14.6 Å². The molecule has 0 saturated carbocycles. The zero-order valence-corrected chi connectivity index (χ0v) is 17.3. The van der Waals surface area contributed by atoms with Crippen LogP contribution in [-0.2, 0) is 20.7 Å². The number of aromatic nitrogens is 2. The smallest absolute Gasteiger partial charge is 0.307 e. The molecule has 12 heteroatoms. The number of benzene rings is 2. The van der Waals surface area contributed by atoms with E-state index >= 15 is 0 Å². The molecule has 0 saturated heterocycles. The summed E-state index contributed by atoms with van der Waals surface area (Å²) in [6.07, 6.45) is -1.26. The van der Waals surface area contributed by atoms with Crippen molar-refractivity contribution in [2.45, 2.75) is 25.9 Å². The monoisotopic (exact) mass is 462 g/mol. The lowest BCUT2D eigenvalue weighted by Crippen LogP contribution is -2.30. The first-order valence-corrected chi connectivity index (χ1v) is 9.63. The Morgan fingerprint density at radius 1 is 1.28 bits per heavy atom. The Kier molecular flexibility index (Phi) is 7.11. The number of nitrogens with zero attached hydrogens (tertiary/aromatic N) is 3. The number of aryl methyl sites for hydroxylation is 1. The predicted octanol–water partition coefficient (Wildman–Crippen LogP) is 3.94. The van der Waals surface area contributed by atoms with Crippen LogP contribution >= 0.6 is 11.6 Å². The number of nitrogens with one attached hydrogen (secondary N) is 1. The van der Waals surface area contributed by atoms with Gasteiger partial charge in [-0.05, 0) is 37.3 Å². The number of hydrogen-bond acceptors (Lipinski definition) is 8. The zero-order valence-electron chi connectivity index (χ0n) is 16.6. The van der Waals surface area contributed by atoms with Crippen molar-refractivity contribution >= 4 is 34.9 Å². The molecule has 1 aromatic heterocycles. The molecule has 1 N–H and O–H groups in total. The minimum Gasteiger partial charge on any atom is -0.453 e. The van der Waals surface area contributed by atoms with Crippen LogP contribution in [-0.4, -0.2) is 33.0 Å². The molecule has 1 unspecified atom stereocenters. The molecule has 0 radical (unpaired) electrons. The van der Waals surface area contributed by atoms with Crippen LogP contribution in [0.1, 0.15) is 19.2 Å². The lowest BCUT2D eigenvalue weighted by molar-refractivity contribution is -0.384. The van der Waals surface area contributed by atoms with E-state index in [0.29, 0.717) is 5.56 Å². The van der Waals surface area contributed by atoms with Crippen LogP contribution in [0.25, 0.3) is 11.4 Å². The summed E-state index contributed by atoms with van der Waals surface area (Å²) in [5, 5.41) is 17.1. The predicted molar refractivity (Wildman–Crippen MR) is 110 cm³/mol. The lowest BCUT2D eigenvalue weighted by Gasteiger charge is -2.14. The van der Waals surface area contributed by atoms with Crippen molar-refractivity contribution in [3.05, 3.63) is 69.3 Å². The number of carbonyl (C=O) groups is 2. The van der Waals surface area contributed by atoms with Gasteiger partial charge in [0, 0.05) is 24.1 Å². The van der Waals surface area contributed by atoms with Crippen molar-refractivity contribution in [2.75, 3.05) is 5.32 Å². The summed E-state index contributed by atoms with van der Waals surface area (Å²) in [6, 6.07) is 9.07. The van der Waals surface area contributed by atoms with Crippen molar-refractivity contribution in [3.8, 4) is 11.4 Å². The molecule has 10 nitrogen and oxygen atoms in total. The maximum Gasteiger partial charge on any atom is 0.307 e. The zero-order chi connectivity index (χ0) is 23.3. The number of nitro groups is 1. The third kappa shape index (κ3) is 5.85. The maximum atomic E-state index is 13.0. The summed E-state index contributed by atoms with van der Waals surface area (Å²) < 4.78 is 23.1. The molecule has 1 heterocycles. The summed E-state index contributed by atoms with van der Waals surface area (Å²) in [4.78, 5) is 38.7. The quantitative estimate of drug-likeness (QED) is 0.302. The second-order valence-electron chi connectivity index (χ2n) is 6.56. The SMILES string of the molecule is CC(OC(=O)CCc1nc(-c2ccc(F)cc2)no1)C(=O)Nc1cc([N+](=O)[O-])ccc1Cl. The molecule has 1 amide bonds. The molecule has 0 aliphatic rings. The van der Waals surface area contributed by atoms with E-state index in [1.807, 2.05) is 0 Å². The summed E-state index contributed by atoms with van der Waals surface area (Å²) in [7, 11) is 0. The minimum absolute atomic E-state index is 0.0212. The Hall–Kier alpha value is -3.86. The number of rotatable bonds is 8. The first-order valence-electron chi connectivity index (χ1n) is 9.25. The number of hydrogen-bond donors (Lipinski definition) is 1. The molecule has 0 bridgehead atoms. The van der Waals surface area contributed by atoms with E-state index in [4.69, 9.17) is 20.9 Å². The Balaban J connectivity index is 1.52. The summed E-state index contributed by atoms with van der Waals surface area (Å²) in [5.74, 6) is -1.39. The molecule has 0 fully saturated rings. The van der Waals surface area contributed by atoms with Gasteiger partial charge in [-0.25, -0.2) is 4.39 Å². The Morgan fingerprint density at radius 2 is 2.00 bits per heavy atom.